The zero-order valence-corrected chi connectivity index (χ0v) is 11.9. The smallest absolute Gasteiger partial charge is 0.320 e. The number of rotatable bonds is 7. The molecule has 19 heavy (non-hydrogen) atoms. The second-order valence-electron chi connectivity index (χ2n) is 4.73. The van der Waals surface area contributed by atoms with Gasteiger partial charge in [-0.1, -0.05) is 6.08 Å². The maximum atomic E-state index is 12.3. The average molecular weight is 268 g/mol. The summed E-state index contributed by atoms with van der Waals surface area (Å²) in [7, 11) is 0. The Hall–Kier alpha value is -1.36. The maximum Gasteiger partial charge on any atom is 0.320 e. The van der Waals surface area contributed by atoms with Crippen LogP contribution in [0.1, 0.15) is 26.7 Å². The minimum Gasteiger partial charge on any atom is -0.465 e. The van der Waals surface area contributed by atoms with Gasteiger partial charge in [0.1, 0.15) is 0 Å². The van der Waals surface area contributed by atoms with Crippen LogP contribution in [0.25, 0.3) is 0 Å². The SMILES string of the molecule is C=CCN(CC(=O)OCC)C(C)C(=O)N1CCCC1. The van der Waals surface area contributed by atoms with Gasteiger partial charge in [-0.2, -0.15) is 0 Å². The topological polar surface area (TPSA) is 49.9 Å². The van der Waals surface area contributed by atoms with Crippen LogP contribution >= 0.6 is 0 Å². The van der Waals surface area contributed by atoms with Crippen molar-refractivity contribution < 1.29 is 14.3 Å². The molecule has 0 aromatic rings. The van der Waals surface area contributed by atoms with E-state index in [1.807, 2.05) is 11.8 Å². The highest BCUT2D eigenvalue weighted by Gasteiger charge is 2.28. The number of amides is 1. The predicted octanol–water partition coefficient (Wildman–Crippen LogP) is 1.05. The van der Waals surface area contributed by atoms with Crippen LogP contribution < -0.4 is 0 Å². The molecule has 1 unspecified atom stereocenters. The quantitative estimate of drug-likeness (QED) is 0.511. The van der Waals surface area contributed by atoms with Crippen LogP contribution in [0.15, 0.2) is 12.7 Å². The number of esters is 1. The lowest BCUT2D eigenvalue weighted by Gasteiger charge is -2.29. The third-order valence-corrected chi connectivity index (χ3v) is 3.32. The Kier molecular flexibility index (Phi) is 6.56. The summed E-state index contributed by atoms with van der Waals surface area (Å²) < 4.78 is 4.93. The minimum absolute atomic E-state index is 0.0867. The van der Waals surface area contributed by atoms with E-state index >= 15 is 0 Å². The molecule has 1 saturated heterocycles. The van der Waals surface area contributed by atoms with Crippen molar-refractivity contribution in [3.8, 4) is 0 Å². The number of hydrogen-bond donors (Lipinski definition) is 0. The lowest BCUT2D eigenvalue weighted by Crippen LogP contribution is -2.48. The zero-order valence-electron chi connectivity index (χ0n) is 11.9. The van der Waals surface area contributed by atoms with E-state index in [0.717, 1.165) is 25.9 Å². The molecule has 0 aliphatic carbocycles. The zero-order chi connectivity index (χ0) is 14.3. The van der Waals surface area contributed by atoms with E-state index in [9.17, 15) is 9.59 Å². The van der Waals surface area contributed by atoms with E-state index in [2.05, 4.69) is 6.58 Å². The molecule has 108 valence electrons. The Balaban J connectivity index is 2.60. The Bertz CT molecular complexity index is 325. The van der Waals surface area contributed by atoms with Crippen LogP contribution in [-0.4, -0.2) is 60.5 Å². The van der Waals surface area contributed by atoms with Crippen LogP contribution in [0.4, 0.5) is 0 Å². The van der Waals surface area contributed by atoms with Gasteiger partial charge in [0.15, 0.2) is 0 Å². The molecule has 1 aliphatic rings. The third-order valence-electron chi connectivity index (χ3n) is 3.32. The Morgan fingerprint density at radius 3 is 2.58 bits per heavy atom. The summed E-state index contributed by atoms with van der Waals surface area (Å²) in [6.07, 6.45) is 3.84. The maximum absolute atomic E-state index is 12.3. The molecule has 5 nitrogen and oxygen atoms in total. The largest absolute Gasteiger partial charge is 0.465 e. The van der Waals surface area contributed by atoms with E-state index in [-0.39, 0.29) is 24.5 Å². The molecular weight excluding hydrogens is 244 g/mol. The van der Waals surface area contributed by atoms with Crippen molar-refractivity contribution in [3.63, 3.8) is 0 Å². The monoisotopic (exact) mass is 268 g/mol. The summed E-state index contributed by atoms with van der Waals surface area (Å²) >= 11 is 0. The Morgan fingerprint density at radius 1 is 1.42 bits per heavy atom. The fourth-order valence-corrected chi connectivity index (χ4v) is 2.26. The van der Waals surface area contributed by atoms with Crippen LogP contribution in [-0.2, 0) is 14.3 Å². The minimum atomic E-state index is -0.319. The van der Waals surface area contributed by atoms with Gasteiger partial charge in [-0.05, 0) is 26.7 Å². The molecular formula is C14H24N2O3. The number of nitrogens with zero attached hydrogens (tertiary/aromatic N) is 2. The van der Waals surface area contributed by atoms with Gasteiger partial charge in [0.2, 0.25) is 5.91 Å². The first-order valence-electron chi connectivity index (χ1n) is 6.89. The van der Waals surface area contributed by atoms with Gasteiger partial charge in [0, 0.05) is 19.6 Å². The highest BCUT2D eigenvalue weighted by molar-refractivity contribution is 5.82. The summed E-state index contributed by atoms with van der Waals surface area (Å²) in [5.74, 6) is -0.214. The van der Waals surface area contributed by atoms with E-state index in [4.69, 9.17) is 4.74 Å². The summed E-state index contributed by atoms with van der Waals surface area (Å²) in [5.41, 5.74) is 0. The highest BCUT2D eigenvalue weighted by atomic mass is 16.5. The second-order valence-corrected chi connectivity index (χ2v) is 4.73. The van der Waals surface area contributed by atoms with E-state index < -0.39 is 0 Å². The van der Waals surface area contributed by atoms with Gasteiger partial charge in [0.25, 0.3) is 0 Å². The van der Waals surface area contributed by atoms with E-state index in [1.54, 1.807) is 17.9 Å². The van der Waals surface area contributed by atoms with Crippen molar-refractivity contribution in [1.29, 1.82) is 0 Å². The van der Waals surface area contributed by atoms with Crippen molar-refractivity contribution in [2.45, 2.75) is 32.7 Å². The molecule has 1 aliphatic heterocycles. The van der Waals surface area contributed by atoms with E-state index in [0.29, 0.717) is 13.2 Å². The van der Waals surface area contributed by atoms with E-state index in [1.165, 1.54) is 0 Å². The molecule has 0 saturated carbocycles. The average Bonchev–Trinajstić information content (AvgIpc) is 2.90. The normalized spacial score (nSPS) is 16.5. The third kappa shape index (κ3) is 4.67. The molecule has 1 amide bonds. The van der Waals surface area contributed by atoms with Gasteiger partial charge in [-0.15, -0.1) is 6.58 Å². The van der Waals surface area contributed by atoms with Gasteiger partial charge < -0.3 is 9.64 Å². The molecule has 1 atom stereocenters. The number of carbonyl (C=O) groups excluding carboxylic acids is 2. The predicted molar refractivity (Wildman–Crippen MR) is 73.7 cm³/mol. The van der Waals surface area contributed by atoms with Crippen molar-refractivity contribution in [1.82, 2.24) is 9.80 Å². The summed E-state index contributed by atoms with van der Waals surface area (Å²) in [6.45, 7) is 9.91. The van der Waals surface area contributed by atoms with Crippen molar-refractivity contribution in [3.05, 3.63) is 12.7 Å². The van der Waals surface area contributed by atoms with Crippen LogP contribution in [0.5, 0.6) is 0 Å². The first-order valence-corrected chi connectivity index (χ1v) is 6.89. The molecule has 1 heterocycles. The standard InChI is InChI=1S/C14H24N2O3/c1-4-8-16(11-13(17)19-5-2)12(3)14(18)15-9-6-7-10-15/h4,12H,1,5-11H2,2-3H3. The number of hydrogen-bond acceptors (Lipinski definition) is 4. The molecule has 0 radical (unpaired) electrons. The van der Waals surface area contributed by atoms with Crippen molar-refractivity contribution in [2.24, 2.45) is 0 Å². The molecule has 0 bridgehead atoms. The summed E-state index contributed by atoms with van der Waals surface area (Å²) in [6, 6.07) is -0.319. The number of carbonyl (C=O) groups is 2. The molecule has 0 N–H and O–H groups in total. The fraction of sp³-hybridized carbons (Fsp3) is 0.714. The van der Waals surface area contributed by atoms with Gasteiger partial charge in [-0.3, -0.25) is 14.5 Å². The Labute approximate surface area is 115 Å². The van der Waals surface area contributed by atoms with Crippen LogP contribution in [0, 0.1) is 0 Å². The van der Waals surface area contributed by atoms with Crippen LogP contribution in [0.3, 0.4) is 0 Å². The fourth-order valence-electron chi connectivity index (χ4n) is 2.26. The molecule has 1 fully saturated rings. The summed E-state index contributed by atoms with van der Waals surface area (Å²) in [4.78, 5) is 27.5. The van der Waals surface area contributed by atoms with Gasteiger partial charge >= 0.3 is 5.97 Å². The molecule has 0 aromatic heterocycles. The Morgan fingerprint density at radius 2 is 2.05 bits per heavy atom. The van der Waals surface area contributed by atoms with Crippen molar-refractivity contribution in [2.75, 3.05) is 32.8 Å². The first-order chi connectivity index (χ1) is 9.10. The first kappa shape index (κ1) is 15.7. The number of likely N-dealkylation sites (tertiary alicyclic amines) is 1. The second kappa shape index (κ2) is 7.94. The lowest BCUT2D eigenvalue weighted by molar-refractivity contribution is -0.146. The van der Waals surface area contributed by atoms with Gasteiger partial charge in [-0.25, -0.2) is 0 Å². The highest BCUT2D eigenvalue weighted by Crippen LogP contribution is 2.12. The summed E-state index contributed by atoms with van der Waals surface area (Å²) in [5, 5.41) is 0. The van der Waals surface area contributed by atoms with Crippen molar-refractivity contribution >= 4 is 11.9 Å². The molecule has 0 aromatic carbocycles. The van der Waals surface area contributed by atoms with Gasteiger partial charge in [0.05, 0.1) is 19.2 Å². The molecule has 5 heteroatoms. The number of ether oxygens (including phenoxy) is 1. The molecule has 1 rings (SSSR count). The lowest BCUT2D eigenvalue weighted by atomic mass is 10.2. The molecule has 0 spiro atoms. The van der Waals surface area contributed by atoms with Crippen LogP contribution in [0.2, 0.25) is 0 Å².